The number of nitro benzene ring substituents is 1. The van der Waals surface area contributed by atoms with Gasteiger partial charge in [0.2, 0.25) is 0 Å². The van der Waals surface area contributed by atoms with E-state index >= 15 is 0 Å². The van der Waals surface area contributed by atoms with Gasteiger partial charge in [-0.15, -0.1) is 0 Å². The summed E-state index contributed by atoms with van der Waals surface area (Å²) in [6, 6.07) is 5.22. The van der Waals surface area contributed by atoms with Crippen LogP contribution >= 0.6 is 0 Å². The van der Waals surface area contributed by atoms with Crippen LogP contribution in [0.1, 0.15) is 0 Å². The number of sulfonamides is 1. The molecule has 0 saturated carbocycles. The van der Waals surface area contributed by atoms with Crippen molar-refractivity contribution < 1.29 is 26.9 Å². The molecule has 0 radical (unpaired) electrons. The van der Waals surface area contributed by atoms with Gasteiger partial charge < -0.3 is 4.74 Å². The van der Waals surface area contributed by atoms with Crippen LogP contribution in [0, 0.1) is 21.7 Å². The average molecular weight is 344 g/mol. The fourth-order valence-electron chi connectivity index (χ4n) is 1.76. The van der Waals surface area contributed by atoms with E-state index in [9.17, 15) is 27.3 Å². The summed E-state index contributed by atoms with van der Waals surface area (Å²) in [6.45, 7) is 0. The molecule has 0 aromatic heterocycles. The van der Waals surface area contributed by atoms with Crippen molar-refractivity contribution in [3.05, 3.63) is 58.1 Å². The number of hydrogen-bond acceptors (Lipinski definition) is 5. The average Bonchev–Trinajstić information content (AvgIpc) is 2.49. The van der Waals surface area contributed by atoms with E-state index in [4.69, 9.17) is 4.74 Å². The lowest BCUT2D eigenvalue weighted by molar-refractivity contribution is -0.385. The highest BCUT2D eigenvalue weighted by Crippen LogP contribution is 2.30. The molecule has 122 valence electrons. The van der Waals surface area contributed by atoms with E-state index < -0.39 is 42.9 Å². The SMILES string of the molecule is COc1ccc([N+](=O)[O-])cc1S(=O)(=O)Nc1ccc(F)cc1F. The van der Waals surface area contributed by atoms with Crippen LogP contribution in [-0.4, -0.2) is 20.5 Å². The molecule has 7 nitrogen and oxygen atoms in total. The summed E-state index contributed by atoms with van der Waals surface area (Å²) in [5.41, 5.74) is -0.981. The Labute approximate surface area is 129 Å². The number of benzene rings is 2. The predicted octanol–water partition coefficient (Wildman–Crippen LogP) is 2.68. The van der Waals surface area contributed by atoms with Gasteiger partial charge in [-0.3, -0.25) is 14.8 Å². The smallest absolute Gasteiger partial charge is 0.271 e. The number of nitrogens with one attached hydrogen (secondary N) is 1. The standard InChI is InChI=1S/C13H10F2N2O5S/c1-22-12-5-3-9(17(18)19)7-13(12)23(20,21)16-11-4-2-8(14)6-10(11)15/h2-7,16H,1H3. The molecule has 0 amide bonds. The molecule has 2 aromatic carbocycles. The first-order valence-electron chi connectivity index (χ1n) is 6.05. The Kier molecular flexibility index (Phi) is 4.45. The normalized spacial score (nSPS) is 11.1. The van der Waals surface area contributed by atoms with E-state index in [0.29, 0.717) is 6.07 Å². The van der Waals surface area contributed by atoms with Gasteiger partial charge >= 0.3 is 0 Å². The summed E-state index contributed by atoms with van der Waals surface area (Å²) in [4.78, 5) is 9.45. The van der Waals surface area contributed by atoms with Crippen LogP contribution < -0.4 is 9.46 Å². The van der Waals surface area contributed by atoms with Gasteiger partial charge in [-0.1, -0.05) is 0 Å². The summed E-state index contributed by atoms with van der Waals surface area (Å²) >= 11 is 0. The zero-order valence-corrected chi connectivity index (χ0v) is 12.4. The van der Waals surface area contributed by atoms with E-state index in [1.807, 2.05) is 4.72 Å². The number of non-ortho nitro benzene ring substituents is 1. The molecule has 0 spiro atoms. The molecule has 0 unspecified atom stereocenters. The van der Waals surface area contributed by atoms with E-state index in [-0.39, 0.29) is 5.75 Å². The molecular weight excluding hydrogens is 334 g/mol. The highest BCUT2D eigenvalue weighted by molar-refractivity contribution is 7.92. The molecule has 10 heteroatoms. The van der Waals surface area contributed by atoms with Crippen molar-refractivity contribution in [1.82, 2.24) is 0 Å². The molecule has 0 bridgehead atoms. The zero-order valence-electron chi connectivity index (χ0n) is 11.6. The minimum Gasteiger partial charge on any atom is -0.495 e. The first-order chi connectivity index (χ1) is 10.7. The molecule has 0 atom stereocenters. The molecule has 0 heterocycles. The molecule has 23 heavy (non-hydrogen) atoms. The Hall–Kier alpha value is -2.75. The summed E-state index contributed by atoms with van der Waals surface area (Å²) in [6.07, 6.45) is 0. The second-order valence-electron chi connectivity index (χ2n) is 4.32. The highest BCUT2D eigenvalue weighted by atomic mass is 32.2. The van der Waals surface area contributed by atoms with Crippen LogP contribution in [0.25, 0.3) is 0 Å². The minimum atomic E-state index is -4.39. The summed E-state index contributed by atoms with van der Waals surface area (Å²) < 4.78 is 57.8. The number of ether oxygens (including phenoxy) is 1. The topological polar surface area (TPSA) is 98.5 Å². The first-order valence-corrected chi connectivity index (χ1v) is 7.53. The number of halogens is 2. The molecular formula is C13H10F2N2O5S. The van der Waals surface area contributed by atoms with E-state index in [1.165, 1.54) is 7.11 Å². The van der Waals surface area contributed by atoms with Crippen LogP contribution in [0.15, 0.2) is 41.3 Å². The second kappa shape index (κ2) is 6.16. The van der Waals surface area contributed by atoms with Gasteiger partial charge in [0.1, 0.15) is 22.3 Å². The Balaban J connectivity index is 2.50. The lowest BCUT2D eigenvalue weighted by atomic mass is 10.3. The molecule has 1 N–H and O–H groups in total. The van der Waals surface area contributed by atoms with Gasteiger partial charge in [-0.25, -0.2) is 17.2 Å². The fraction of sp³-hybridized carbons (Fsp3) is 0.0769. The maximum atomic E-state index is 13.6. The molecule has 0 aliphatic carbocycles. The van der Waals surface area contributed by atoms with Crippen molar-refractivity contribution in [3.8, 4) is 5.75 Å². The van der Waals surface area contributed by atoms with E-state index in [2.05, 4.69) is 0 Å². The number of nitro groups is 1. The number of hydrogen-bond donors (Lipinski definition) is 1. The third-order valence-electron chi connectivity index (χ3n) is 2.82. The molecule has 0 saturated heterocycles. The van der Waals surface area contributed by atoms with Gasteiger partial charge in [0.15, 0.2) is 0 Å². The van der Waals surface area contributed by atoms with Crippen molar-refractivity contribution >= 4 is 21.4 Å². The van der Waals surface area contributed by atoms with Gasteiger partial charge in [0, 0.05) is 18.2 Å². The molecule has 0 fully saturated rings. The lowest BCUT2D eigenvalue weighted by Crippen LogP contribution is -2.15. The van der Waals surface area contributed by atoms with Crippen LogP contribution in [0.3, 0.4) is 0 Å². The summed E-state index contributed by atoms with van der Waals surface area (Å²) in [5.74, 6) is -2.16. The van der Waals surface area contributed by atoms with Gasteiger partial charge in [-0.2, -0.15) is 0 Å². The van der Waals surface area contributed by atoms with Crippen LogP contribution in [0.2, 0.25) is 0 Å². The Morgan fingerprint density at radius 2 is 1.87 bits per heavy atom. The first kappa shape index (κ1) is 16.6. The van der Waals surface area contributed by atoms with Crippen molar-refractivity contribution in [1.29, 1.82) is 0 Å². The maximum absolute atomic E-state index is 13.6. The third-order valence-corrected chi connectivity index (χ3v) is 4.21. The largest absolute Gasteiger partial charge is 0.495 e. The van der Waals surface area contributed by atoms with Crippen molar-refractivity contribution in [3.63, 3.8) is 0 Å². The summed E-state index contributed by atoms with van der Waals surface area (Å²) in [5, 5.41) is 10.8. The molecule has 0 aliphatic rings. The monoisotopic (exact) mass is 344 g/mol. The highest BCUT2D eigenvalue weighted by Gasteiger charge is 2.24. The predicted molar refractivity (Wildman–Crippen MR) is 76.8 cm³/mol. The summed E-state index contributed by atoms with van der Waals surface area (Å²) in [7, 11) is -3.21. The molecule has 2 rings (SSSR count). The van der Waals surface area contributed by atoms with Crippen LogP contribution in [-0.2, 0) is 10.0 Å². The van der Waals surface area contributed by atoms with Crippen LogP contribution in [0.4, 0.5) is 20.2 Å². The van der Waals surface area contributed by atoms with Crippen molar-refractivity contribution in [2.45, 2.75) is 4.90 Å². The minimum absolute atomic E-state index is 0.161. The quantitative estimate of drug-likeness (QED) is 0.664. The van der Waals surface area contributed by atoms with Crippen molar-refractivity contribution in [2.24, 2.45) is 0 Å². The fourth-order valence-corrected chi connectivity index (χ4v) is 3.02. The molecule has 2 aromatic rings. The zero-order chi connectivity index (χ0) is 17.2. The van der Waals surface area contributed by atoms with Gasteiger partial charge in [0.25, 0.3) is 15.7 Å². The number of methoxy groups -OCH3 is 1. The van der Waals surface area contributed by atoms with E-state index in [1.54, 1.807) is 0 Å². The van der Waals surface area contributed by atoms with E-state index in [0.717, 1.165) is 30.3 Å². The van der Waals surface area contributed by atoms with Crippen LogP contribution in [0.5, 0.6) is 5.75 Å². The number of nitrogens with zero attached hydrogens (tertiary/aromatic N) is 1. The lowest BCUT2D eigenvalue weighted by Gasteiger charge is -2.12. The van der Waals surface area contributed by atoms with Crippen molar-refractivity contribution in [2.75, 3.05) is 11.8 Å². The van der Waals surface area contributed by atoms with Gasteiger partial charge in [0.05, 0.1) is 17.7 Å². The Morgan fingerprint density at radius 3 is 2.43 bits per heavy atom. The number of rotatable bonds is 5. The Morgan fingerprint density at radius 1 is 1.17 bits per heavy atom. The second-order valence-corrected chi connectivity index (χ2v) is 5.97. The molecule has 0 aliphatic heterocycles. The third kappa shape index (κ3) is 3.54. The van der Waals surface area contributed by atoms with Gasteiger partial charge in [-0.05, 0) is 18.2 Å². The Bertz CT molecular complexity index is 871. The maximum Gasteiger partial charge on any atom is 0.271 e. The number of anilines is 1.